The standard InChI is InChI=1S/C23H24N4O2S/c1-27-12-10-17(11-13-27)23-21-15-19(7-9-22(21)24-25-23)26-30(28,29)20-8-6-16-4-2-3-5-18(16)14-20/h2-9,14-15,17,26H,10-13H2,1H3,(H,24,25). The van der Waals surface area contributed by atoms with Crippen LogP contribution < -0.4 is 4.72 Å². The molecule has 0 amide bonds. The number of hydrogen-bond donors (Lipinski definition) is 2. The number of nitrogens with one attached hydrogen (secondary N) is 2. The van der Waals surface area contributed by atoms with Crippen molar-refractivity contribution in [2.75, 3.05) is 24.9 Å². The quantitative estimate of drug-likeness (QED) is 0.515. The number of aromatic nitrogens is 2. The van der Waals surface area contributed by atoms with Crippen molar-refractivity contribution < 1.29 is 8.42 Å². The number of H-pyrrole nitrogens is 1. The highest BCUT2D eigenvalue weighted by Gasteiger charge is 2.23. The van der Waals surface area contributed by atoms with E-state index >= 15 is 0 Å². The maximum Gasteiger partial charge on any atom is 0.261 e. The van der Waals surface area contributed by atoms with Gasteiger partial charge in [0.2, 0.25) is 0 Å². The lowest BCUT2D eigenvalue weighted by molar-refractivity contribution is 0.254. The molecule has 0 aliphatic carbocycles. The van der Waals surface area contributed by atoms with Gasteiger partial charge in [-0.25, -0.2) is 8.42 Å². The van der Waals surface area contributed by atoms with Crippen molar-refractivity contribution in [1.29, 1.82) is 0 Å². The fraction of sp³-hybridized carbons (Fsp3) is 0.261. The van der Waals surface area contributed by atoms with Crippen LogP contribution >= 0.6 is 0 Å². The molecule has 0 saturated carbocycles. The second-order valence-electron chi connectivity index (χ2n) is 8.06. The summed E-state index contributed by atoms with van der Waals surface area (Å²) in [6.45, 7) is 2.10. The van der Waals surface area contributed by atoms with Gasteiger partial charge in [-0.3, -0.25) is 9.82 Å². The van der Waals surface area contributed by atoms with E-state index in [0.717, 1.165) is 53.3 Å². The zero-order valence-electron chi connectivity index (χ0n) is 16.8. The van der Waals surface area contributed by atoms with Gasteiger partial charge < -0.3 is 4.90 Å². The second kappa shape index (κ2) is 7.41. The summed E-state index contributed by atoms with van der Waals surface area (Å²) in [5, 5.41) is 10.6. The van der Waals surface area contributed by atoms with Crippen molar-refractivity contribution in [1.82, 2.24) is 15.1 Å². The molecule has 0 spiro atoms. The third-order valence-electron chi connectivity index (χ3n) is 5.98. The fourth-order valence-corrected chi connectivity index (χ4v) is 5.32. The first kappa shape index (κ1) is 19.1. The van der Waals surface area contributed by atoms with Crippen LogP contribution in [-0.2, 0) is 10.0 Å². The molecule has 0 radical (unpaired) electrons. The Bertz CT molecular complexity index is 1320. The Balaban J connectivity index is 1.46. The van der Waals surface area contributed by atoms with E-state index in [0.29, 0.717) is 11.6 Å². The van der Waals surface area contributed by atoms with Gasteiger partial charge in [-0.05, 0) is 74.1 Å². The van der Waals surface area contributed by atoms with Crippen molar-refractivity contribution in [2.24, 2.45) is 0 Å². The predicted molar refractivity (Wildman–Crippen MR) is 120 cm³/mol. The first-order valence-corrected chi connectivity index (χ1v) is 11.7. The Labute approximate surface area is 176 Å². The lowest BCUT2D eigenvalue weighted by atomic mass is 9.92. The zero-order valence-corrected chi connectivity index (χ0v) is 17.6. The van der Waals surface area contributed by atoms with Gasteiger partial charge in [-0.15, -0.1) is 0 Å². The molecule has 1 aliphatic rings. The Morgan fingerprint density at radius 1 is 1.00 bits per heavy atom. The van der Waals surface area contributed by atoms with Gasteiger partial charge in [-0.1, -0.05) is 30.3 Å². The molecule has 7 heteroatoms. The van der Waals surface area contributed by atoms with Crippen LogP contribution in [0.3, 0.4) is 0 Å². The van der Waals surface area contributed by atoms with Crippen molar-refractivity contribution in [3.8, 4) is 0 Å². The van der Waals surface area contributed by atoms with Crippen LogP contribution in [0.5, 0.6) is 0 Å². The van der Waals surface area contributed by atoms with Gasteiger partial charge >= 0.3 is 0 Å². The van der Waals surface area contributed by atoms with Crippen molar-refractivity contribution in [2.45, 2.75) is 23.7 Å². The van der Waals surface area contributed by atoms with Gasteiger partial charge in [0.25, 0.3) is 10.0 Å². The minimum atomic E-state index is -3.69. The molecule has 0 bridgehead atoms. The summed E-state index contributed by atoms with van der Waals surface area (Å²) in [5.41, 5.74) is 2.51. The maximum atomic E-state index is 13.0. The Morgan fingerprint density at radius 3 is 2.57 bits per heavy atom. The maximum absolute atomic E-state index is 13.0. The number of hydrogen-bond acceptors (Lipinski definition) is 4. The normalized spacial score (nSPS) is 16.3. The molecule has 30 heavy (non-hydrogen) atoms. The van der Waals surface area contributed by atoms with E-state index in [1.165, 1.54) is 0 Å². The first-order chi connectivity index (χ1) is 14.5. The molecule has 2 N–H and O–H groups in total. The van der Waals surface area contributed by atoms with E-state index < -0.39 is 10.0 Å². The predicted octanol–water partition coefficient (Wildman–Crippen LogP) is 4.33. The smallest absolute Gasteiger partial charge is 0.261 e. The molecule has 0 atom stereocenters. The van der Waals surface area contributed by atoms with E-state index in [1.807, 2.05) is 42.5 Å². The largest absolute Gasteiger partial charge is 0.306 e. The summed E-state index contributed by atoms with van der Waals surface area (Å²) in [6, 6.07) is 18.5. The molecule has 4 aromatic rings. The summed E-state index contributed by atoms with van der Waals surface area (Å²) in [7, 11) is -1.55. The Morgan fingerprint density at radius 2 is 1.77 bits per heavy atom. The minimum absolute atomic E-state index is 0.254. The molecule has 154 valence electrons. The average Bonchev–Trinajstić information content (AvgIpc) is 3.17. The number of benzene rings is 3. The number of nitrogens with zero attached hydrogens (tertiary/aromatic N) is 2. The summed E-state index contributed by atoms with van der Waals surface area (Å²) < 4.78 is 28.7. The Hall–Kier alpha value is -2.90. The molecule has 5 rings (SSSR count). The highest BCUT2D eigenvalue weighted by molar-refractivity contribution is 7.92. The van der Waals surface area contributed by atoms with E-state index in [1.54, 1.807) is 18.2 Å². The molecule has 1 aliphatic heterocycles. The molecule has 6 nitrogen and oxygen atoms in total. The number of fused-ring (bicyclic) bond motifs is 2. The van der Waals surface area contributed by atoms with Crippen LogP contribution in [0, 0.1) is 0 Å². The van der Waals surface area contributed by atoms with Crippen LogP contribution in [-0.4, -0.2) is 43.7 Å². The van der Waals surface area contributed by atoms with Gasteiger partial charge in [-0.2, -0.15) is 5.10 Å². The number of sulfonamides is 1. The molecule has 0 unspecified atom stereocenters. The number of piperidine rings is 1. The third-order valence-corrected chi connectivity index (χ3v) is 7.36. The van der Waals surface area contributed by atoms with Crippen LogP contribution in [0.1, 0.15) is 24.5 Å². The highest BCUT2D eigenvalue weighted by atomic mass is 32.2. The molecule has 1 aromatic heterocycles. The topological polar surface area (TPSA) is 78.1 Å². The third kappa shape index (κ3) is 3.55. The lowest BCUT2D eigenvalue weighted by Gasteiger charge is -2.28. The summed E-state index contributed by atoms with van der Waals surface area (Å²) in [6.07, 6.45) is 2.12. The summed E-state index contributed by atoms with van der Waals surface area (Å²) >= 11 is 0. The monoisotopic (exact) mass is 420 g/mol. The summed E-state index contributed by atoms with van der Waals surface area (Å²) in [4.78, 5) is 2.58. The molecule has 1 fully saturated rings. The van der Waals surface area contributed by atoms with E-state index in [2.05, 4.69) is 26.9 Å². The summed E-state index contributed by atoms with van der Waals surface area (Å²) in [5.74, 6) is 0.391. The van der Waals surface area contributed by atoms with Crippen molar-refractivity contribution >= 4 is 37.4 Å². The van der Waals surface area contributed by atoms with Crippen molar-refractivity contribution in [3.05, 3.63) is 66.4 Å². The molecule has 3 aromatic carbocycles. The fourth-order valence-electron chi connectivity index (χ4n) is 4.24. The second-order valence-corrected chi connectivity index (χ2v) is 9.74. The van der Waals surface area contributed by atoms with E-state index in [9.17, 15) is 8.42 Å². The van der Waals surface area contributed by atoms with Crippen LogP contribution in [0.15, 0.2) is 65.6 Å². The Kier molecular flexibility index (Phi) is 4.72. The molecular weight excluding hydrogens is 396 g/mol. The first-order valence-electron chi connectivity index (χ1n) is 10.2. The van der Waals surface area contributed by atoms with Gasteiger partial charge in [0.1, 0.15) is 0 Å². The molecule has 1 saturated heterocycles. The van der Waals surface area contributed by atoms with E-state index in [4.69, 9.17) is 0 Å². The number of anilines is 1. The average molecular weight is 421 g/mol. The van der Waals surface area contributed by atoms with Gasteiger partial charge in [0.05, 0.1) is 16.1 Å². The van der Waals surface area contributed by atoms with Crippen LogP contribution in [0.2, 0.25) is 0 Å². The van der Waals surface area contributed by atoms with E-state index in [-0.39, 0.29) is 4.90 Å². The van der Waals surface area contributed by atoms with Gasteiger partial charge in [0.15, 0.2) is 0 Å². The minimum Gasteiger partial charge on any atom is -0.306 e. The highest BCUT2D eigenvalue weighted by Crippen LogP contribution is 2.33. The molecule has 2 heterocycles. The number of likely N-dealkylation sites (tertiary alicyclic amines) is 1. The number of aromatic amines is 1. The zero-order chi connectivity index (χ0) is 20.7. The SMILES string of the molecule is CN1CCC(c2n[nH]c3ccc(NS(=O)(=O)c4ccc5ccccc5c4)cc23)CC1. The number of rotatable bonds is 4. The van der Waals surface area contributed by atoms with Crippen LogP contribution in [0.4, 0.5) is 5.69 Å². The van der Waals surface area contributed by atoms with Gasteiger partial charge in [0, 0.05) is 17.0 Å². The van der Waals surface area contributed by atoms with Crippen molar-refractivity contribution in [3.63, 3.8) is 0 Å². The molecular formula is C23H24N4O2S. The van der Waals surface area contributed by atoms with Crippen LogP contribution in [0.25, 0.3) is 21.7 Å². The lowest BCUT2D eigenvalue weighted by Crippen LogP contribution is -2.29.